The van der Waals surface area contributed by atoms with E-state index in [1.807, 2.05) is 11.8 Å². The molecule has 0 aromatic carbocycles. The molecule has 1 unspecified atom stereocenters. The second-order valence-corrected chi connectivity index (χ2v) is 8.66. The molecular formula is C18H31F2N2P. The Kier molecular flexibility index (Phi) is 7.54. The first-order chi connectivity index (χ1) is 10.6. The highest BCUT2D eigenvalue weighted by Crippen LogP contribution is 2.31. The van der Waals surface area contributed by atoms with Crippen molar-refractivity contribution in [2.75, 3.05) is 13.1 Å². The summed E-state index contributed by atoms with van der Waals surface area (Å²) in [5.41, 5.74) is 2.35. The molecule has 2 nitrogen and oxygen atoms in total. The zero-order chi connectivity index (χ0) is 17.8. The third-order valence-electron chi connectivity index (χ3n) is 4.25. The monoisotopic (exact) mass is 344 g/mol. The van der Waals surface area contributed by atoms with E-state index in [1.165, 1.54) is 19.1 Å². The van der Waals surface area contributed by atoms with Crippen molar-refractivity contribution < 1.29 is 8.78 Å². The fourth-order valence-corrected chi connectivity index (χ4v) is 3.68. The Bertz CT molecular complexity index is 484. The van der Waals surface area contributed by atoms with Crippen LogP contribution in [0.3, 0.4) is 0 Å². The molecule has 5 heteroatoms. The van der Waals surface area contributed by atoms with Gasteiger partial charge in [-0.25, -0.2) is 8.78 Å². The predicted octanol–water partition coefficient (Wildman–Crippen LogP) is 5.47. The second kappa shape index (κ2) is 8.48. The van der Waals surface area contributed by atoms with Gasteiger partial charge in [0.2, 0.25) is 6.43 Å². The summed E-state index contributed by atoms with van der Waals surface area (Å²) >= 11 is 0. The van der Waals surface area contributed by atoms with Crippen molar-refractivity contribution in [3.63, 3.8) is 0 Å². The van der Waals surface area contributed by atoms with Crippen molar-refractivity contribution >= 4 is 19.7 Å². The largest absolute Gasteiger partial charge is 0.281 e. The Labute approximate surface area is 141 Å². The van der Waals surface area contributed by atoms with Crippen LogP contribution in [0, 0.1) is 11.3 Å². The van der Waals surface area contributed by atoms with Crippen molar-refractivity contribution in [1.29, 1.82) is 0 Å². The van der Waals surface area contributed by atoms with Gasteiger partial charge in [0.05, 0.1) is 6.17 Å². The quantitative estimate of drug-likeness (QED) is 0.461. The topological polar surface area (TPSA) is 15.6 Å². The lowest BCUT2D eigenvalue weighted by Crippen LogP contribution is -2.53. The number of halogens is 2. The van der Waals surface area contributed by atoms with Crippen LogP contribution in [0.2, 0.25) is 0 Å². The van der Waals surface area contributed by atoms with Crippen molar-refractivity contribution in [2.45, 2.75) is 67.5 Å². The summed E-state index contributed by atoms with van der Waals surface area (Å²) < 4.78 is 25.3. The van der Waals surface area contributed by atoms with E-state index in [2.05, 4.69) is 47.3 Å². The number of hydrogen-bond acceptors (Lipinski definition) is 2. The lowest BCUT2D eigenvalue weighted by Gasteiger charge is -2.42. The van der Waals surface area contributed by atoms with Crippen LogP contribution in [0.15, 0.2) is 15.9 Å². The number of rotatable bonds is 6. The highest BCUT2D eigenvalue weighted by molar-refractivity contribution is 7.43. The maximum atomic E-state index is 12.7. The zero-order valence-corrected chi connectivity index (χ0v) is 16.4. The average molecular weight is 344 g/mol. The molecule has 0 bridgehead atoms. The van der Waals surface area contributed by atoms with Crippen LogP contribution < -0.4 is 0 Å². The summed E-state index contributed by atoms with van der Waals surface area (Å²) in [6.45, 7) is 15.8. The summed E-state index contributed by atoms with van der Waals surface area (Å²) in [4.78, 5) is 7.00. The number of likely N-dealkylation sites (tertiary alicyclic amines) is 1. The van der Waals surface area contributed by atoms with Crippen LogP contribution in [0.4, 0.5) is 8.78 Å². The molecule has 23 heavy (non-hydrogen) atoms. The summed E-state index contributed by atoms with van der Waals surface area (Å²) in [5.74, 6) is 1.65. The SMILES string of the molecule is C\C=P/C(C)=C(CC)/C(=N\C(C)N1CC(C(F)F)C1)C(C)(C)C. The molecule has 1 atom stereocenters. The smallest absolute Gasteiger partial charge is 0.243 e. The van der Waals surface area contributed by atoms with E-state index < -0.39 is 12.3 Å². The molecule has 132 valence electrons. The van der Waals surface area contributed by atoms with E-state index in [0.29, 0.717) is 13.1 Å². The summed E-state index contributed by atoms with van der Waals surface area (Å²) in [7, 11) is 1.22. The molecule has 1 fully saturated rings. The minimum atomic E-state index is -2.21. The van der Waals surface area contributed by atoms with Gasteiger partial charge in [0.25, 0.3) is 0 Å². The Balaban J connectivity index is 3.05. The first-order valence-electron chi connectivity index (χ1n) is 8.41. The lowest BCUT2D eigenvalue weighted by molar-refractivity contribution is -0.0392. The van der Waals surface area contributed by atoms with Gasteiger partial charge < -0.3 is 0 Å². The van der Waals surface area contributed by atoms with Crippen molar-refractivity contribution in [3.8, 4) is 0 Å². The number of aliphatic imine (C=N–C) groups is 1. The van der Waals surface area contributed by atoms with Gasteiger partial charge in [0, 0.05) is 30.1 Å². The standard InChI is InChI=1S/C18H31F2N2P/c1-8-15(12(3)23-9-2)16(18(5,6)7)21-13(4)22-10-14(11-22)17(19)20/h9,13-14,17H,8,10-11H2,1-7H3/b15-12+,21-16+. The summed E-state index contributed by atoms with van der Waals surface area (Å²) in [5, 5.41) is 1.32. The van der Waals surface area contributed by atoms with Gasteiger partial charge >= 0.3 is 0 Å². The van der Waals surface area contributed by atoms with Gasteiger partial charge in [-0.2, -0.15) is 0 Å². The van der Waals surface area contributed by atoms with Crippen molar-refractivity contribution in [3.05, 3.63) is 10.9 Å². The minimum Gasteiger partial charge on any atom is -0.281 e. The van der Waals surface area contributed by atoms with Crippen molar-refractivity contribution in [1.82, 2.24) is 4.90 Å². The fourth-order valence-electron chi connectivity index (χ4n) is 2.87. The van der Waals surface area contributed by atoms with E-state index >= 15 is 0 Å². The van der Waals surface area contributed by atoms with Gasteiger partial charge in [-0.15, -0.1) is 0 Å². The van der Waals surface area contributed by atoms with Crippen LogP contribution in [0.25, 0.3) is 0 Å². The minimum absolute atomic E-state index is 0.0455. The van der Waals surface area contributed by atoms with Gasteiger partial charge in [-0.1, -0.05) is 41.7 Å². The van der Waals surface area contributed by atoms with E-state index in [-0.39, 0.29) is 11.6 Å². The van der Waals surface area contributed by atoms with E-state index in [1.54, 1.807) is 0 Å². The molecular weight excluding hydrogens is 313 g/mol. The number of allylic oxidation sites excluding steroid dienone is 2. The Morgan fingerprint density at radius 2 is 1.91 bits per heavy atom. The number of hydrogen-bond donors (Lipinski definition) is 0. The van der Waals surface area contributed by atoms with Gasteiger partial charge in [-0.3, -0.25) is 9.89 Å². The molecule has 1 heterocycles. The molecule has 0 spiro atoms. The van der Waals surface area contributed by atoms with Gasteiger partial charge in [0.1, 0.15) is 0 Å². The third-order valence-corrected chi connectivity index (χ3v) is 5.16. The molecule has 0 amide bonds. The summed E-state index contributed by atoms with van der Waals surface area (Å²) in [6.07, 6.45) is -1.32. The lowest BCUT2D eigenvalue weighted by atomic mass is 9.84. The molecule has 1 aliphatic rings. The maximum Gasteiger partial charge on any atom is 0.243 e. The highest BCUT2D eigenvalue weighted by atomic mass is 31.1. The molecule has 0 aliphatic carbocycles. The van der Waals surface area contributed by atoms with E-state index in [9.17, 15) is 8.78 Å². The van der Waals surface area contributed by atoms with Crippen LogP contribution in [-0.4, -0.2) is 42.1 Å². The van der Waals surface area contributed by atoms with E-state index in [4.69, 9.17) is 4.99 Å². The van der Waals surface area contributed by atoms with E-state index in [0.717, 1.165) is 12.1 Å². The maximum absolute atomic E-state index is 12.7. The Morgan fingerprint density at radius 3 is 2.30 bits per heavy atom. The molecule has 0 aromatic heterocycles. The molecule has 1 saturated heterocycles. The van der Waals surface area contributed by atoms with Crippen LogP contribution >= 0.6 is 8.20 Å². The normalized spacial score (nSPS) is 20.9. The molecule has 0 saturated carbocycles. The van der Waals surface area contributed by atoms with Gasteiger partial charge in [-0.05, 0) is 38.1 Å². The zero-order valence-electron chi connectivity index (χ0n) is 15.5. The number of alkyl halides is 2. The first-order valence-corrected chi connectivity index (χ1v) is 9.37. The fraction of sp³-hybridized carbons (Fsp3) is 0.778. The van der Waals surface area contributed by atoms with Crippen LogP contribution in [0.5, 0.6) is 0 Å². The Hall–Kier alpha value is -0.600. The summed E-state index contributed by atoms with van der Waals surface area (Å²) in [6, 6.07) is 0. The average Bonchev–Trinajstić information content (AvgIpc) is 2.35. The van der Waals surface area contributed by atoms with Crippen molar-refractivity contribution in [2.24, 2.45) is 16.3 Å². The third kappa shape index (κ3) is 5.46. The Morgan fingerprint density at radius 1 is 1.35 bits per heavy atom. The first kappa shape index (κ1) is 20.4. The highest BCUT2D eigenvalue weighted by Gasteiger charge is 2.36. The molecule has 0 aromatic rings. The molecule has 0 N–H and O–H groups in total. The van der Waals surface area contributed by atoms with Crippen LogP contribution in [-0.2, 0) is 0 Å². The molecule has 0 radical (unpaired) electrons. The number of nitrogens with zero attached hydrogens (tertiary/aromatic N) is 2. The second-order valence-electron chi connectivity index (χ2n) is 7.21. The van der Waals surface area contributed by atoms with Gasteiger partial charge in [0.15, 0.2) is 0 Å². The van der Waals surface area contributed by atoms with Crippen LogP contribution in [0.1, 0.15) is 54.9 Å². The predicted molar refractivity (Wildman–Crippen MR) is 99.1 cm³/mol. The molecule has 1 rings (SSSR count). The molecule has 1 aliphatic heterocycles.